The van der Waals surface area contributed by atoms with E-state index in [1.165, 1.54) is 0 Å². The van der Waals surface area contributed by atoms with E-state index in [9.17, 15) is 0 Å². The molecule has 1 aromatic heterocycles. The third-order valence-electron chi connectivity index (χ3n) is 3.98. The van der Waals surface area contributed by atoms with Gasteiger partial charge in [-0.1, -0.05) is 0 Å². The van der Waals surface area contributed by atoms with E-state index in [2.05, 4.69) is 29.2 Å². The number of aromatic nitrogens is 1. The van der Waals surface area contributed by atoms with Crippen molar-refractivity contribution in [2.24, 2.45) is 11.7 Å². The second kappa shape index (κ2) is 5.44. The van der Waals surface area contributed by atoms with Gasteiger partial charge in [-0.2, -0.15) is 0 Å². The van der Waals surface area contributed by atoms with Crippen LogP contribution in [0.4, 0.5) is 0 Å². The van der Waals surface area contributed by atoms with Gasteiger partial charge in [0.1, 0.15) is 0 Å². The topological polar surface area (TPSA) is 51.4 Å². The monoisotopic (exact) mass is 255 g/mol. The van der Waals surface area contributed by atoms with Gasteiger partial charge in [-0.25, -0.2) is 4.98 Å². The Hall–Kier alpha value is -0.490. The second-order valence-corrected chi connectivity index (χ2v) is 5.68. The molecule has 0 bridgehead atoms. The summed E-state index contributed by atoms with van der Waals surface area (Å²) in [4.78, 5) is 6.66. The molecule has 0 amide bonds. The molecule has 0 radical (unpaired) electrons. The van der Waals surface area contributed by atoms with Gasteiger partial charge in [0.25, 0.3) is 0 Å². The van der Waals surface area contributed by atoms with E-state index in [1.807, 2.05) is 5.51 Å². The summed E-state index contributed by atoms with van der Waals surface area (Å²) in [6.07, 6.45) is 1.11. The minimum absolute atomic E-state index is 0.000116. The first-order chi connectivity index (χ1) is 8.16. The fourth-order valence-corrected chi connectivity index (χ4v) is 2.95. The summed E-state index contributed by atoms with van der Waals surface area (Å²) < 4.78 is 5.49. The molecule has 5 heteroatoms. The fraction of sp³-hybridized carbons (Fsp3) is 0.750. The first-order valence-electron chi connectivity index (χ1n) is 6.03. The highest BCUT2D eigenvalue weighted by atomic mass is 32.1. The predicted octanol–water partition coefficient (Wildman–Crippen LogP) is 1.33. The van der Waals surface area contributed by atoms with Gasteiger partial charge in [-0.05, 0) is 20.4 Å². The van der Waals surface area contributed by atoms with Crippen LogP contribution >= 0.6 is 11.3 Å². The average molecular weight is 255 g/mol. The maximum Gasteiger partial charge on any atom is 0.0795 e. The third-order valence-corrected chi connectivity index (χ3v) is 4.61. The van der Waals surface area contributed by atoms with Crippen molar-refractivity contribution < 1.29 is 4.74 Å². The van der Waals surface area contributed by atoms with Gasteiger partial charge in [0.15, 0.2) is 0 Å². The number of likely N-dealkylation sites (N-methyl/N-ethyl adjacent to an activating group) is 1. The van der Waals surface area contributed by atoms with Crippen LogP contribution in [0.15, 0.2) is 10.9 Å². The normalized spacial score (nSPS) is 24.1. The molecule has 2 unspecified atom stereocenters. The SMILES string of the molecule is CN(Cc1cscn1)C(C)(CN)C1CCOC1. The van der Waals surface area contributed by atoms with Crippen LogP contribution in [0.3, 0.4) is 0 Å². The molecule has 1 aromatic rings. The smallest absolute Gasteiger partial charge is 0.0795 e. The fourth-order valence-electron chi connectivity index (χ4n) is 2.40. The van der Waals surface area contributed by atoms with Crippen molar-refractivity contribution in [3.05, 3.63) is 16.6 Å². The van der Waals surface area contributed by atoms with Gasteiger partial charge in [0, 0.05) is 36.5 Å². The summed E-state index contributed by atoms with van der Waals surface area (Å²) >= 11 is 1.64. The van der Waals surface area contributed by atoms with Crippen LogP contribution in [0.5, 0.6) is 0 Å². The van der Waals surface area contributed by atoms with E-state index in [1.54, 1.807) is 11.3 Å². The van der Waals surface area contributed by atoms with E-state index < -0.39 is 0 Å². The number of ether oxygens (including phenoxy) is 1. The van der Waals surface area contributed by atoms with Crippen LogP contribution < -0.4 is 5.73 Å². The quantitative estimate of drug-likeness (QED) is 0.862. The Kier molecular flexibility index (Phi) is 4.14. The van der Waals surface area contributed by atoms with Crippen LogP contribution in [0.1, 0.15) is 19.0 Å². The highest BCUT2D eigenvalue weighted by molar-refractivity contribution is 7.07. The molecule has 96 valence electrons. The Labute approximate surface area is 107 Å². The maximum atomic E-state index is 6.00. The molecule has 2 atom stereocenters. The van der Waals surface area contributed by atoms with Crippen LogP contribution in [0, 0.1) is 5.92 Å². The minimum atomic E-state index is 0.000116. The summed E-state index contributed by atoms with van der Waals surface area (Å²) in [5, 5.41) is 2.10. The van der Waals surface area contributed by atoms with Crippen molar-refractivity contribution >= 4 is 11.3 Å². The molecular formula is C12H21N3OS. The molecule has 0 aromatic carbocycles. The first-order valence-corrected chi connectivity index (χ1v) is 6.97. The highest BCUT2D eigenvalue weighted by Crippen LogP contribution is 2.30. The summed E-state index contributed by atoms with van der Waals surface area (Å²) in [6.45, 7) is 5.44. The summed E-state index contributed by atoms with van der Waals surface area (Å²) in [5.41, 5.74) is 9.00. The van der Waals surface area contributed by atoms with Crippen molar-refractivity contribution in [2.75, 3.05) is 26.8 Å². The zero-order valence-corrected chi connectivity index (χ0v) is 11.4. The van der Waals surface area contributed by atoms with Gasteiger partial charge in [-0.3, -0.25) is 4.90 Å². The van der Waals surface area contributed by atoms with E-state index in [0.717, 1.165) is 31.9 Å². The van der Waals surface area contributed by atoms with Crippen molar-refractivity contribution in [1.82, 2.24) is 9.88 Å². The van der Waals surface area contributed by atoms with Crippen LogP contribution in [-0.4, -0.2) is 42.2 Å². The van der Waals surface area contributed by atoms with Gasteiger partial charge in [-0.15, -0.1) is 11.3 Å². The summed E-state index contributed by atoms with van der Waals surface area (Å²) in [5.74, 6) is 0.524. The molecule has 4 nitrogen and oxygen atoms in total. The van der Waals surface area contributed by atoms with E-state index in [-0.39, 0.29) is 5.54 Å². The molecule has 1 aliphatic rings. The number of hydrogen-bond donors (Lipinski definition) is 1. The molecule has 0 saturated carbocycles. The lowest BCUT2D eigenvalue weighted by atomic mass is 9.83. The Bertz CT molecular complexity index is 338. The zero-order valence-electron chi connectivity index (χ0n) is 10.6. The highest BCUT2D eigenvalue weighted by Gasteiger charge is 2.38. The van der Waals surface area contributed by atoms with E-state index >= 15 is 0 Å². The molecule has 1 aliphatic heterocycles. The van der Waals surface area contributed by atoms with Crippen molar-refractivity contribution in [1.29, 1.82) is 0 Å². The molecule has 1 saturated heterocycles. The predicted molar refractivity (Wildman–Crippen MR) is 70.0 cm³/mol. The third kappa shape index (κ3) is 2.68. The number of rotatable bonds is 5. The second-order valence-electron chi connectivity index (χ2n) is 4.96. The Morgan fingerprint density at radius 2 is 2.53 bits per heavy atom. The largest absolute Gasteiger partial charge is 0.381 e. The van der Waals surface area contributed by atoms with Gasteiger partial charge in [0.05, 0.1) is 17.8 Å². The lowest BCUT2D eigenvalue weighted by Crippen LogP contribution is -2.54. The Morgan fingerprint density at radius 3 is 3.06 bits per heavy atom. The molecule has 2 N–H and O–H groups in total. The van der Waals surface area contributed by atoms with Gasteiger partial charge in [0.2, 0.25) is 0 Å². The Morgan fingerprint density at radius 1 is 1.71 bits per heavy atom. The lowest BCUT2D eigenvalue weighted by Gasteiger charge is -2.42. The maximum absolute atomic E-state index is 6.00. The van der Waals surface area contributed by atoms with Crippen molar-refractivity contribution in [3.8, 4) is 0 Å². The van der Waals surface area contributed by atoms with Crippen molar-refractivity contribution in [3.63, 3.8) is 0 Å². The number of hydrogen-bond acceptors (Lipinski definition) is 5. The zero-order chi connectivity index (χ0) is 12.3. The minimum Gasteiger partial charge on any atom is -0.381 e. The molecule has 2 heterocycles. The van der Waals surface area contributed by atoms with Crippen LogP contribution in [-0.2, 0) is 11.3 Å². The molecule has 17 heavy (non-hydrogen) atoms. The Balaban J connectivity index is 2.05. The van der Waals surface area contributed by atoms with Crippen LogP contribution in [0.25, 0.3) is 0 Å². The summed E-state index contributed by atoms with van der Waals surface area (Å²) in [6, 6.07) is 0. The summed E-state index contributed by atoms with van der Waals surface area (Å²) in [7, 11) is 2.13. The van der Waals surface area contributed by atoms with E-state index in [0.29, 0.717) is 12.5 Å². The number of nitrogens with zero attached hydrogens (tertiary/aromatic N) is 2. The number of nitrogens with two attached hydrogens (primary N) is 1. The van der Waals surface area contributed by atoms with E-state index in [4.69, 9.17) is 10.5 Å². The van der Waals surface area contributed by atoms with Crippen molar-refractivity contribution in [2.45, 2.75) is 25.4 Å². The number of thiazole rings is 1. The van der Waals surface area contributed by atoms with Gasteiger partial charge >= 0.3 is 0 Å². The van der Waals surface area contributed by atoms with Gasteiger partial charge < -0.3 is 10.5 Å². The molecule has 0 aliphatic carbocycles. The molecule has 0 spiro atoms. The average Bonchev–Trinajstić information content (AvgIpc) is 3.00. The van der Waals surface area contributed by atoms with Crippen LogP contribution in [0.2, 0.25) is 0 Å². The molecule has 2 rings (SSSR count). The molecule has 1 fully saturated rings. The first kappa shape index (κ1) is 13.0. The molecular weight excluding hydrogens is 234 g/mol. The standard InChI is InChI=1S/C12H21N3OS/c1-12(8-13,10-3-4-16-6-10)15(2)5-11-7-17-9-14-11/h7,9-10H,3-6,8,13H2,1-2H3. The lowest BCUT2D eigenvalue weighted by molar-refractivity contribution is 0.0601.